The first-order chi connectivity index (χ1) is 19.1. The number of carbonyl (C=O) groups excluding carboxylic acids is 1. The minimum atomic E-state index is -1.09. The van der Waals surface area contributed by atoms with E-state index in [4.69, 9.17) is 15.0 Å². The molecule has 9 nitrogen and oxygen atoms in total. The molecule has 4 rings (SSSR count). The van der Waals surface area contributed by atoms with E-state index in [1.807, 2.05) is 60.7 Å². The monoisotopic (exact) mass is 528 g/mol. The van der Waals surface area contributed by atoms with E-state index in [1.54, 1.807) is 0 Å². The summed E-state index contributed by atoms with van der Waals surface area (Å²) in [6.45, 7) is 1.14. The summed E-state index contributed by atoms with van der Waals surface area (Å²) in [7, 11) is 0. The predicted molar refractivity (Wildman–Crippen MR) is 148 cm³/mol. The highest BCUT2D eigenvalue weighted by Gasteiger charge is 2.29. The number of nitrogens with one attached hydrogen (secondary N) is 1. The van der Waals surface area contributed by atoms with Gasteiger partial charge in [-0.15, -0.1) is 0 Å². The van der Waals surface area contributed by atoms with Crippen LogP contribution in [0.4, 0.5) is 4.79 Å². The van der Waals surface area contributed by atoms with Crippen LogP contribution in [-0.4, -0.2) is 43.0 Å². The molecular formula is C30H32N4O5. The highest BCUT2D eigenvalue weighted by molar-refractivity contribution is 5.81. The molecule has 39 heavy (non-hydrogen) atoms. The third-order valence-electron chi connectivity index (χ3n) is 6.80. The van der Waals surface area contributed by atoms with E-state index in [1.165, 1.54) is 0 Å². The van der Waals surface area contributed by atoms with Gasteiger partial charge in [-0.1, -0.05) is 65.8 Å². The van der Waals surface area contributed by atoms with Crippen LogP contribution in [0.2, 0.25) is 0 Å². The quantitative estimate of drug-likeness (QED) is 0.107. The van der Waals surface area contributed by atoms with Gasteiger partial charge in [0.05, 0.1) is 6.61 Å². The molecular weight excluding hydrogens is 496 g/mol. The minimum Gasteiger partial charge on any atom is -0.494 e. The van der Waals surface area contributed by atoms with Gasteiger partial charge in [0.25, 0.3) is 0 Å². The molecule has 0 saturated carbocycles. The number of unbranched alkanes of at least 4 members (excludes halogenated alkanes) is 1. The normalized spacial score (nSPS) is 12.5. The third-order valence-corrected chi connectivity index (χ3v) is 6.80. The van der Waals surface area contributed by atoms with Crippen molar-refractivity contribution in [2.24, 2.45) is 5.11 Å². The zero-order chi connectivity index (χ0) is 27.5. The van der Waals surface area contributed by atoms with Gasteiger partial charge < -0.3 is 19.9 Å². The van der Waals surface area contributed by atoms with Crippen molar-refractivity contribution >= 4 is 12.1 Å². The summed E-state index contributed by atoms with van der Waals surface area (Å²) in [6.07, 6.45) is 2.38. The van der Waals surface area contributed by atoms with E-state index >= 15 is 0 Å². The van der Waals surface area contributed by atoms with Crippen LogP contribution in [0.1, 0.15) is 48.3 Å². The molecule has 3 aromatic rings. The number of rotatable bonds is 14. The molecule has 0 saturated heterocycles. The number of carboxylic acid groups (broad SMARTS) is 1. The van der Waals surface area contributed by atoms with Gasteiger partial charge >= 0.3 is 12.1 Å². The molecule has 202 valence electrons. The van der Waals surface area contributed by atoms with Crippen LogP contribution in [0.15, 0.2) is 77.9 Å². The first-order valence-electron chi connectivity index (χ1n) is 13.1. The molecule has 0 fully saturated rings. The highest BCUT2D eigenvalue weighted by atomic mass is 16.5. The van der Waals surface area contributed by atoms with Crippen LogP contribution in [0, 0.1) is 0 Å². The molecule has 3 aromatic carbocycles. The molecule has 0 aromatic heterocycles. The largest absolute Gasteiger partial charge is 0.494 e. The summed E-state index contributed by atoms with van der Waals surface area (Å²) in [5.74, 6) is -0.424. The van der Waals surface area contributed by atoms with Crippen molar-refractivity contribution in [1.29, 1.82) is 0 Å². The standard InChI is InChI=1S/C30H32N4O5/c31-34-32-18-5-6-19-38-22-16-14-21(15-17-22)8-7-13-28(29(35)36)33-30(37)39-20-27-25-11-3-1-9-23(25)24-10-2-4-12-26(24)27/h1-4,9-12,14-17,27-28H,5-8,13,18-20H2,(H,33,37)(H,35,36). The summed E-state index contributed by atoms with van der Waals surface area (Å²) in [5.41, 5.74) is 13.8. The van der Waals surface area contributed by atoms with Gasteiger partial charge in [-0.2, -0.15) is 0 Å². The van der Waals surface area contributed by atoms with Gasteiger partial charge in [-0.25, -0.2) is 9.59 Å². The Balaban J connectivity index is 1.21. The van der Waals surface area contributed by atoms with Gasteiger partial charge in [0.1, 0.15) is 18.4 Å². The number of azide groups is 1. The Kier molecular flexibility index (Phi) is 9.80. The van der Waals surface area contributed by atoms with Crippen LogP contribution in [-0.2, 0) is 16.0 Å². The lowest BCUT2D eigenvalue weighted by atomic mass is 9.98. The number of nitrogens with zero attached hydrogens (tertiary/aromatic N) is 3. The summed E-state index contributed by atoms with van der Waals surface area (Å²) < 4.78 is 11.2. The number of carboxylic acids is 1. The van der Waals surface area contributed by atoms with E-state index in [0.717, 1.165) is 46.4 Å². The van der Waals surface area contributed by atoms with Crippen molar-refractivity contribution in [3.05, 3.63) is 99.9 Å². The van der Waals surface area contributed by atoms with Gasteiger partial charge in [0.2, 0.25) is 0 Å². The maximum atomic E-state index is 12.5. The van der Waals surface area contributed by atoms with Crippen molar-refractivity contribution in [2.45, 2.75) is 44.1 Å². The maximum absolute atomic E-state index is 12.5. The lowest BCUT2D eigenvalue weighted by Gasteiger charge is -2.17. The third kappa shape index (κ3) is 7.52. The Morgan fingerprint density at radius 1 is 0.949 bits per heavy atom. The number of ether oxygens (including phenoxy) is 2. The minimum absolute atomic E-state index is 0.0869. The molecule has 0 bridgehead atoms. The zero-order valence-electron chi connectivity index (χ0n) is 21.7. The van der Waals surface area contributed by atoms with Crippen LogP contribution in [0.5, 0.6) is 5.75 Å². The van der Waals surface area contributed by atoms with Crippen LogP contribution in [0.25, 0.3) is 21.6 Å². The van der Waals surface area contributed by atoms with E-state index in [9.17, 15) is 14.7 Å². The summed E-state index contributed by atoms with van der Waals surface area (Å²) >= 11 is 0. The molecule has 1 aliphatic carbocycles. The first kappa shape index (κ1) is 27.5. The molecule has 1 amide bonds. The Labute approximate surface area is 227 Å². The SMILES string of the molecule is [N-]=[N+]=NCCCCOc1ccc(CCCC(NC(=O)OCC2c3ccccc3-c3ccccc32)C(=O)O)cc1. The number of amides is 1. The van der Waals surface area contributed by atoms with Crippen molar-refractivity contribution < 1.29 is 24.2 Å². The molecule has 2 N–H and O–H groups in total. The fourth-order valence-corrected chi connectivity index (χ4v) is 4.82. The van der Waals surface area contributed by atoms with Crippen LogP contribution < -0.4 is 10.1 Å². The van der Waals surface area contributed by atoms with E-state index in [2.05, 4.69) is 27.5 Å². The van der Waals surface area contributed by atoms with E-state index in [-0.39, 0.29) is 18.9 Å². The Morgan fingerprint density at radius 2 is 1.62 bits per heavy atom. The van der Waals surface area contributed by atoms with Crippen LogP contribution in [0.3, 0.4) is 0 Å². The van der Waals surface area contributed by atoms with Crippen molar-refractivity contribution in [3.8, 4) is 16.9 Å². The van der Waals surface area contributed by atoms with Gasteiger partial charge in [-0.3, -0.25) is 0 Å². The number of carbonyl (C=O) groups is 2. The van der Waals surface area contributed by atoms with Gasteiger partial charge in [0.15, 0.2) is 0 Å². The predicted octanol–water partition coefficient (Wildman–Crippen LogP) is 6.47. The number of benzene rings is 3. The topological polar surface area (TPSA) is 134 Å². The smallest absolute Gasteiger partial charge is 0.407 e. The Morgan fingerprint density at radius 3 is 2.26 bits per heavy atom. The molecule has 1 atom stereocenters. The molecule has 0 heterocycles. The number of hydrogen-bond donors (Lipinski definition) is 2. The van der Waals surface area contributed by atoms with Crippen molar-refractivity contribution in [1.82, 2.24) is 5.32 Å². The lowest BCUT2D eigenvalue weighted by molar-refractivity contribution is -0.139. The summed E-state index contributed by atoms with van der Waals surface area (Å²) in [4.78, 5) is 27.0. The first-order valence-corrected chi connectivity index (χ1v) is 13.1. The summed E-state index contributed by atoms with van der Waals surface area (Å²) in [5, 5.41) is 15.6. The molecule has 9 heteroatoms. The van der Waals surface area contributed by atoms with E-state index in [0.29, 0.717) is 26.0 Å². The average molecular weight is 529 g/mol. The molecule has 1 aliphatic rings. The Hall–Kier alpha value is -4.49. The van der Waals surface area contributed by atoms with Crippen molar-refractivity contribution in [3.63, 3.8) is 0 Å². The fourth-order valence-electron chi connectivity index (χ4n) is 4.82. The van der Waals surface area contributed by atoms with Gasteiger partial charge in [0, 0.05) is 17.4 Å². The van der Waals surface area contributed by atoms with E-state index < -0.39 is 18.1 Å². The summed E-state index contributed by atoms with van der Waals surface area (Å²) in [6, 6.07) is 22.7. The second-order valence-electron chi connectivity index (χ2n) is 9.41. The fraction of sp³-hybridized carbons (Fsp3) is 0.333. The number of aliphatic carboxylic acids is 1. The van der Waals surface area contributed by atoms with Gasteiger partial charge in [-0.05, 0) is 77.6 Å². The molecule has 0 aliphatic heterocycles. The number of hydrogen-bond acceptors (Lipinski definition) is 5. The number of aryl methyl sites for hydroxylation is 1. The second-order valence-corrected chi connectivity index (χ2v) is 9.41. The highest BCUT2D eigenvalue weighted by Crippen LogP contribution is 2.44. The number of alkyl carbamates (subject to hydrolysis) is 1. The van der Waals surface area contributed by atoms with Crippen molar-refractivity contribution in [2.75, 3.05) is 19.8 Å². The zero-order valence-corrected chi connectivity index (χ0v) is 21.7. The van der Waals surface area contributed by atoms with Crippen LogP contribution >= 0.6 is 0 Å². The number of fused-ring (bicyclic) bond motifs is 3. The second kappa shape index (κ2) is 13.9. The molecule has 1 unspecified atom stereocenters. The average Bonchev–Trinajstić information content (AvgIpc) is 3.27. The lowest BCUT2D eigenvalue weighted by Crippen LogP contribution is -2.41. The molecule has 0 spiro atoms. The Bertz CT molecular complexity index is 1280. The molecule has 0 radical (unpaired) electrons. The maximum Gasteiger partial charge on any atom is 0.407 e.